The van der Waals surface area contributed by atoms with Crippen molar-refractivity contribution in [3.63, 3.8) is 0 Å². The molecule has 2 rings (SSSR count). The minimum atomic E-state index is -6.12. The van der Waals surface area contributed by atoms with E-state index in [1.807, 2.05) is 0 Å². The number of ether oxygens (including phenoxy) is 1. The summed E-state index contributed by atoms with van der Waals surface area (Å²) < 4.78 is 119. The van der Waals surface area contributed by atoms with E-state index >= 15 is 0 Å². The molecule has 25 heavy (non-hydrogen) atoms. The molecule has 0 spiro atoms. The number of hydrogen-bond acceptors (Lipinski definition) is 3. The highest BCUT2D eigenvalue weighted by Gasteiger charge is 2.73. The topological polar surface area (TPSA) is 43.4 Å². The summed E-state index contributed by atoms with van der Waals surface area (Å²) in [4.78, 5) is 23.5. The molecule has 2 bridgehead atoms. The van der Waals surface area contributed by atoms with E-state index in [9.17, 15) is 49.1 Å². The number of hydrogen-bond donors (Lipinski definition) is 0. The molecule has 2 aliphatic carbocycles. The molecule has 0 N–H and O–H groups in total. The van der Waals surface area contributed by atoms with Crippen molar-refractivity contribution in [2.24, 2.45) is 23.7 Å². The quantitative estimate of drug-likeness (QED) is 0.415. The van der Waals surface area contributed by atoms with Crippen molar-refractivity contribution in [1.82, 2.24) is 0 Å². The van der Waals surface area contributed by atoms with Crippen LogP contribution in [0.5, 0.6) is 0 Å². The van der Waals surface area contributed by atoms with Crippen LogP contribution in [-0.2, 0) is 14.3 Å². The molecule has 0 aliphatic heterocycles. The van der Waals surface area contributed by atoms with Gasteiger partial charge in [0.15, 0.2) is 0 Å². The normalized spacial score (nSPS) is 30.1. The Hall–Kier alpha value is -1.75. The molecule has 4 atom stereocenters. The summed E-state index contributed by atoms with van der Waals surface area (Å²) in [6.45, 7) is -0.502. The van der Waals surface area contributed by atoms with Gasteiger partial charge in [0, 0.05) is 5.92 Å². The highest BCUT2D eigenvalue weighted by Crippen LogP contribution is 2.54. The minimum absolute atomic E-state index is 0.502. The van der Waals surface area contributed by atoms with Crippen LogP contribution in [0.25, 0.3) is 0 Å². The van der Waals surface area contributed by atoms with E-state index in [4.69, 9.17) is 0 Å². The number of halogens is 9. The van der Waals surface area contributed by atoms with Crippen LogP contribution in [0.4, 0.5) is 39.5 Å². The first kappa shape index (κ1) is 19.6. The van der Waals surface area contributed by atoms with Gasteiger partial charge in [0.25, 0.3) is 5.60 Å². The Kier molecular flexibility index (Phi) is 4.21. The van der Waals surface area contributed by atoms with Crippen LogP contribution in [-0.4, -0.2) is 35.9 Å². The number of rotatable bonds is 2. The molecule has 1 fully saturated rings. The first-order valence-corrected chi connectivity index (χ1v) is 6.67. The van der Waals surface area contributed by atoms with Crippen molar-refractivity contribution >= 4 is 11.8 Å². The van der Waals surface area contributed by atoms with Crippen LogP contribution in [0.2, 0.25) is 0 Å². The fraction of sp³-hybridized carbons (Fsp3) is 0.692. The zero-order valence-electron chi connectivity index (χ0n) is 12.1. The predicted molar refractivity (Wildman–Crippen MR) is 60.8 cm³/mol. The van der Waals surface area contributed by atoms with Gasteiger partial charge in [-0.3, -0.25) is 9.59 Å². The molecule has 1 saturated carbocycles. The maximum atomic E-state index is 13.1. The first-order valence-electron chi connectivity index (χ1n) is 6.67. The summed E-state index contributed by atoms with van der Waals surface area (Å²) in [5.41, 5.74) is -5.00. The van der Waals surface area contributed by atoms with E-state index in [-0.39, 0.29) is 0 Å². The Morgan fingerprint density at radius 3 is 1.76 bits per heavy atom. The van der Waals surface area contributed by atoms with Crippen LogP contribution in [0, 0.1) is 23.7 Å². The Morgan fingerprint density at radius 2 is 1.36 bits per heavy atom. The third-order valence-electron chi connectivity index (χ3n) is 4.38. The molecule has 0 aromatic rings. The maximum absolute atomic E-state index is 13.1. The third-order valence-corrected chi connectivity index (χ3v) is 4.38. The lowest BCUT2D eigenvalue weighted by atomic mass is 9.82. The van der Waals surface area contributed by atoms with Crippen molar-refractivity contribution in [3.05, 3.63) is 12.2 Å². The lowest BCUT2D eigenvalue weighted by Gasteiger charge is -2.35. The summed E-state index contributed by atoms with van der Waals surface area (Å²) in [5, 5.41) is 0. The van der Waals surface area contributed by atoms with Crippen LogP contribution < -0.4 is 0 Å². The average molecular weight is 384 g/mol. The molecule has 142 valence electrons. The monoisotopic (exact) mass is 384 g/mol. The van der Waals surface area contributed by atoms with Crippen molar-refractivity contribution in [3.8, 4) is 0 Å². The van der Waals surface area contributed by atoms with Gasteiger partial charge < -0.3 is 4.74 Å². The summed E-state index contributed by atoms with van der Waals surface area (Å²) in [6, 6.07) is 0. The Balaban J connectivity index is 2.39. The van der Waals surface area contributed by atoms with Gasteiger partial charge in [-0.25, -0.2) is 0 Å². The van der Waals surface area contributed by atoms with Crippen molar-refractivity contribution in [2.45, 2.75) is 31.1 Å². The fourth-order valence-corrected chi connectivity index (χ4v) is 2.94. The van der Waals surface area contributed by atoms with E-state index in [0.717, 1.165) is 12.2 Å². The highest BCUT2D eigenvalue weighted by atomic mass is 19.4. The number of carbonyl (C=O) groups excluding carboxylic acids is 2. The number of Topliss-reactive ketones (excluding diaryl/α,β-unsaturated/α-hetero) is 1. The molecule has 0 saturated heterocycles. The number of esters is 1. The smallest absolute Gasteiger partial charge is 0.437 e. The Morgan fingerprint density at radius 1 is 0.920 bits per heavy atom. The molecule has 0 aromatic heterocycles. The van der Waals surface area contributed by atoms with Crippen molar-refractivity contribution in [1.29, 1.82) is 0 Å². The lowest BCUT2D eigenvalue weighted by Crippen LogP contribution is -2.58. The van der Waals surface area contributed by atoms with Crippen LogP contribution in [0.15, 0.2) is 12.2 Å². The van der Waals surface area contributed by atoms with Gasteiger partial charge in [-0.05, 0) is 6.92 Å². The predicted octanol–water partition coefficient (Wildman–Crippen LogP) is 3.59. The SMILES string of the molecule is CC(OC(=O)C1C2C=CC(C2=O)C1C(F)(F)F)(C(F)(F)F)C(F)(F)F. The largest absolute Gasteiger partial charge is 0.439 e. The molecule has 0 radical (unpaired) electrons. The average Bonchev–Trinajstić information content (AvgIpc) is 2.88. The van der Waals surface area contributed by atoms with E-state index in [2.05, 4.69) is 4.74 Å². The van der Waals surface area contributed by atoms with Gasteiger partial charge in [0.1, 0.15) is 5.78 Å². The van der Waals surface area contributed by atoms with E-state index in [0.29, 0.717) is 0 Å². The van der Waals surface area contributed by atoms with Gasteiger partial charge in [-0.15, -0.1) is 0 Å². The van der Waals surface area contributed by atoms with Crippen LogP contribution in [0.1, 0.15) is 6.92 Å². The van der Waals surface area contributed by atoms with E-state index in [1.54, 1.807) is 0 Å². The van der Waals surface area contributed by atoms with Crippen molar-refractivity contribution in [2.75, 3.05) is 0 Å². The second-order valence-electron chi connectivity index (χ2n) is 5.88. The summed E-state index contributed by atoms with van der Waals surface area (Å²) >= 11 is 0. The summed E-state index contributed by atoms with van der Waals surface area (Å²) in [7, 11) is 0. The number of allylic oxidation sites excluding steroid dienone is 2. The standard InChI is InChI=1S/C13H9F9O3/c1-10(12(17,18)19,13(20,21)22)25-9(24)6-4-2-3-5(8(4)23)7(6)11(14,15)16/h2-7H,1H3. The molecule has 2 aliphatic rings. The van der Waals surface area contributed by atoms with Crippen LogP contribution >= 0.6 is 0 Å². The van der Waals surface area contributed by atoms with Gasteiger partial charge >= 0.3 is 24.5 Å². The molecular formula is C13H9F9O3. The molecule has 0 aromatic carbocycles. The number of fused-ring (bicyclic) bond motifs is 2. The third kappa shape index (κ3) is 2.88. The van der Waals surface area contributed by atoms with E-state index in [1.165, 1.54) is 0 Å². The van der Waals surface area contributed by atoms with Crippen LogP contribution in [0.3, 0.4) is 0 Å². The van der Waals surface area contributed by atoms with Gasteiger partial charge in [-0.1, -0.05) is 12.2 Å². The van der Waals surface area contributed by atoms with E-state index < -0.39 is 66.5 Å². The molecule has 12 heteroatoms. The molecule has 4 unspecified atom stereocenters. The highest BCUT2D eigenvalue weighted by molar-refractivity contribution is 5.97. The second-order valence-corrected chi connectivity index (χ2v) is 5.88. The van der Waals surface area contributed by atoms with Gasteiger partial charge in [0.05, 0.1) is 17.8 Å². The summed E-state index contributed by atoms with van der Waals surface area (Å²) in [5.74, 6) is -12.3. The zero-order chi connectivity index (χ0) is 19.6. The second kappa shape index (κ2) is 5.37. The first-order chi connectivity index (χ1) is 11.0. The van der Waals surface area contributed by atoms with Gasteiger partial charge in [-0.2, -0.15) is 39.5 Å². The Bertz CT molecular complexity index is 600. The molecule has 0 amide bonds. The Labute approximate surface area is 133 Å². The number of alkyl halides is 9. The number of ketones is 1. The van der Waals surface area contributed by atoms with Crippen molar-refractivity contribution < 1.29 is 53.8 Å². The molecule has 0 heterocycles. The number of carbonyl (C=O) groups is 2. The molecular weight excluding hydrogens is 375 g/mol. The fourth-order valence-electron chi connectivity index (χ4n) is 2.94. The maximum Gasteiger partial charge on any atom is 0.437 e. The molecule has 3 nitrogen and oxygen atoms in total. The zero-order valence-corrected chi connectivity index (χ0v) is 12.1. The van der Waals surface area contributed by atoms with Gasteiger partial charge in [0.2, 0.25) is 0 Å². The lowest BCUT2D eigenvalue weighted by molar-refractivity contribution is -0.364. The summed E-state index contributed by atoms with van der Waals surface area (Å²) in [6.07, 6.45) is -15.7. The minimum Gasteiger partial charge on any atom is -0.439 e.